The molecule has 0 N–H and O–H groups in total. The molecule has 1 aromatic heterocycles. The molecule has 1 amide bonds. The fourth-order valence-corrected chi connectivity index (χ4v) is 2.55. The van der Waals surface area contributed by atoms with E-state index in [0.717, 1.165) is 38.3 Å². The van der Waals surface area contributed by atoms with Crippen LogP contribution in [0, 0.1) is 0 Å². The number of aryl methyl sites for hydroxylation is 1. The normalized spacial score (nSPS) is 20.3. The third kappa shape index (κ3) is 2.56. The maximum Gasteiger partial charge on any atom is 0.239 e. The van der Waals surface area contributed by atoms with Crippen LogP contribution in [0.4, 0.5) is 0 Å². The number of carbonyl (C=O) groups is 1. The van der Waals surface area contributed by atoms with Gasteiger partial charge in [0, 0.05) is 33.0 Å². The van der Waals surface area contributed by atoms with Crippen molar-refractivity contribution in [2.45, 2.75) is 38.9 Å². The highest BCUT2D eigenvalue weighted by Crippen LogP contribution is 2.20. The van der Waals surface area contributed by atoms with Gasteiger partial charge in [0.1, 0.15) is 5.82 Å². The quantitative estimate of drug-likeness (QED) is 0.799. The molecule has 1 unspecified atom stereocenters. The van der Waals surface area contributed by atoms with E-state index in [0.29, 0.717) is 0 Å². The summed E-state index contributed by atoms with van der Waals surface area (Å²) in [6.45, 7) is 4.79. The SMILES string of the molecule is CCn1ccnc1CN1CCCC1C(=O)N(C)C. The molecule has 0 aromatic carbocycles. The van der Waals surface area contributed by atoms with Gasteiger partial charge >= 0.3 is 0 Å². The Morgan fingerprint density at radius 1 is 1.56 bits per heavy atom. The van der Waals surface area contributed by atoms with Crippen molar-refractivity contribution in [2.75, 3.05) is 20.6 Å². The molecule has 100 valence electrons. The zero-order valence-electron chi connectivity index (χ0n) is 11.5. The van der Waals surface area contributed by atoms with Crippen molar-refractivity contribution >= 4 is 5.91 Å². The number of amides is 1. The molecule has 0 radical (unpaired) electrons. The van der Waals surface area contributed by atoms with Crippen LogP contribution in [-0.2, 0) is 17.9 Å². The number of likely N-dealkylation sites (N-methyl/N-ethyl adjacent to an activating group) is 1. The predicted molar refractivity (Wildman–Crippen MR) is 70.0 cm³/mol. The lowest BCUT2D eigenvalue weighted by molar-refractivity contribution is -0.133. The Bertz CT molecular complexity index is 413. The van der Waals surface area contributed by atoms with Crippen molar-refractivity contribution in [3.05, 3.63) is 18.2 Å². The van der Waals surface area contributed by atoms with Crippen LogP contribution < -0.4 is 0 Å². The van der Waals surface area contributed by atoms with E-state index in [2.05, 4.69) is 21.4 Å². The van der Waals surface area contributed by atoms with Crippen molar-refractivity contribution in [1.29, 1.82) is 0 Å². The maximum atomic E-state index is 12.1. The average molecular weight is 250 g/mol. The number of imidazole rings is 1. The van der Waals surface area contributed by atoms with Crippen molar-refractivity contribution in [3.63, 3.8) is 0 Å². The van der Waals surface area contributed by atoms with E-state index in [-0.39, 0.29) is 11.9 Å². The molecule has 1 fully saturated rings. The van der Waals surface area contributed by atoms with Crippen LogP contribution in [0.2, 0.25) is 0 Å². The predicted octanol–water partition coefficient (Wildman–Crippen LogP) is 0.956. The molecular weight excluding hydrogens is 228 g/mol. The maximum absolute atomic E-state index is 12.1. The molecule has 5 heteroatoms. The Hall–Kier alpha value is -1.36. The minimum atomic E-state index is 0.0296. The van der Waals surface area contributed by atoms with Gasteiger partial charge in [-0.1, -0.05) is 0 Å². The highest BCUT2D eigenvalue weighted by molar-refractivity contribution is 5.81. The zero-order chi connectivity index (χ0) is 13.1. The highest BCUT2D eigenvalue weighted by Gasteiger charge is 2.32. The van der Waals surface area contributed by atoms with Crippen molar-refractivity contribution in [1.82, 2.24) is 19.4 Å². The second-order valence-corrected chi connectivity index (χ2v) is 4.99. The summed E-state index contributed by atoms with van der Waals surface area (Å²) < 4.78 is 2.13. The van der Waals surface area contributed by atoms with Gasteiger partial charge in [-0.05, 0) is 26.3 Å². The third-order valence-corrected chi connectivity index (χ3v) is 3.58. The highest BCUT2D eigenvalue weighted by atomic mass is 16.2. The molecule has 1 aliphatic rings. The Morgan fingerprint density at radius 2 is 2.33 bits per heavy atom. The first-order valence-corrected chi connectivity index (χ1v) is 6.58. The number of aromatic nitrogens is 2. The van der Waals surface area contributed by atoms with E-state index >= 15 is 0 Å². The van der Waals surface area contributed by atoms with Gasteiger partial charge < -0.3 is 9.47 Å². The fraction of sp³-hybridized carbons (Fsp3) is 0.692. The summed E-state index contributed by atoms with van der Waals surface area (Å²) in [4.78, 5) is 20.4. The summed E-state index contributed by atoms with van der Waals surface area (Å²) in [6, 6.07) is 0.0296. The number of likely N-dealkylation sites (tertiary alicyclic amines) is 1. The minimum Gasteiger partial charge on any atom is -0.347 e. The number of nitrogens with zero attached hydrogens (tertiary/aromatic N) is 4. The monoisotopic (exact) mass is 250 g/mol. The van der Waals surface area contributed by atoms with E-state index in [1.807, 2.05) is 26.5 Å². The first-order chi connectivity index (χ1) is 8.63. The summed E-state index contributed by atoms with van der Waals surface area (Å²) in [5.41, 5.74) is 0. The molecule has 2 heterocycles. The topological polar surface area (TPSA) is 41.4 Å². The molecule has 0 bridgehead atoms. The fourth-order valence-electron chi connectivity index (χ4n) is 2.55. The van der Waals surface area contributed by atoms with Crippen molar-refractivity contribution in [2.24, 2.45) is 0 Å². The van der Waals surface area contributed by atoms with E-state index in [1.165, 1.54) is 0 Å². The smallest absolute Gasteiger partial charge is 0.239 e. The lowest BCUT2D eigenvalue weighted by Gasteiger charge is -2.25. The average Bonchev–Trinajstić information content (AvgIpc) is 2.97. The Morgan fingerprint density at radius 3 is 3.00 bits per heavy atom. The van der Waals surface area contributed by atoms with Gasteiger partial charge in [-0.15, -0.1) is 0 Å². The van der Waals surface area contributed by atoms with Crippen LogP contribution in [0.15, 0.2) is 12.4 Å². The lowest BCUT2D eigenvalue weighted by atomic mass is 10.2. The summed E-state index contributed by atoms with van der Waals surface area (Å²) >= 11 is 0. The van der Waals surface area contributed by atoms with E-state index in [4.69, 9.17) is 0 Å². The minimum absolute atomic E-state index is 0.0296. The van der Waals surface area contributed by atoms with Gasteiger partial charge in [-0.25, -0.2) is 4.98 Å². The Labute approximate surface area is 108 Å². The molecule has 1 aliphatic heterocycles. The standard InChI is InChI=1S/C13H22N4O/c1-4-16-9-7-14-12(16)10-17-8-5-6-11(17)13(18)15(2)3/h7,9,11H,4-6,8,10H2,1-3H3. The van der Waals surface area contributed by atoms with Gasteiger partial charge in [0.25, 0.3) is 0 Å². The van der Waals surface area contributed by atoms with Crippen LogP contribution in [0.25, 0.3) is 0 Å². The second-order valence-electron chi connectivity index (χ2n) is 4.99. The van der Waals surface area contributed by atoms with Crippen LogP contribution >= 0.6 is 0 Å². The van der Waals surface area contributed by atoms with Gasteiger partial charge in [0.15, 0.2) is 0 Å². The molecule has 5 nitrogen and oxygen atoms in total. The van der Waals surface area contributed by atoms with Gasteiger partial charge in [-0.3, -0.25) is 9.69 Å². The van der Waals surface area contributed by atoms with Crippen LogP contribution in [0.5, 0.6) is 0 Å². The zero-order valence-corrected chi connectivity index (χ0v) is 11.5. The first kappa shape index (κ1) is 13.1. The lowest BCUT2D eigenvalue weighted by Crippen LogP contribution is -2.42. The second kappa shape index (κ2) is 5.52. The largest absolute Gasteiger partial charge is 0.347 e. The van der Waals surface area contributed by atoms with E-state index in [1.54, 1.807) is 4.90 Å². The van der Waals surface area contributed by atoms with E-state index in [9.17, 15) is 4.79 Å². The Balaban J connectivity index is 2.06. The summed E-state index contributed by atoms with van der Waals surface area (Å²) in [7, 11) is 3.65. The summed E-state index contributed by atoms with van der Waals surface area (Å²) in [5.74, 6) is 1.26. The van der Waals surface area contributed by atoms with Gasteiger partial charge in [-0.2, -0.15) is 0 Å². The van der Waals surface area contributed by atoms with Crippen molar-refractivity contribution in [3.8, 4) is 0 Å². The molecule has 0 spiro atoms. The number of hydrogen-bond donors (Lipinski definition) is 0. The number of rotatable bonds is 4. The third-order valence-electron chi connectivity index (χ3n) is 3.58. The van der Waals surface area contributed by atoms with Gasteiger partial charge in [0.05, 0.1) is 12.6 Å². The summed E-state index contributed by atoms with van der Waals surface area (Å²) in [5, 5.41) is 0. The van der Waals surface area contributed by atoms with Gasteiger partial charge in [0.2, 0.25) is 5.91 Å². The molecular formula is C13H22N4O. The van der Waals surface area contributed by atoms with E-state index < -0.39 is 0 Å². The molecule has 2 rings (SSSR count). The van der Waals surface area contributed by atoms with Crippen LogP contribution in [0.3, 0.4) is 0 Å². The molecule has 1 atom stereocenters. The molecule has 0 saturated carbocycles. The first-order valence-electron chi connectivity index (χ1n) is 6.58. The molecule has 18 heavy (non-hydrogen) atoms. The summed E-state index contributed by atoms with van der Waals surface area (Å²) in [6.07, 6.45) is 5.88. The number of carbonyl (C=O) groups excluding carboxylic acids is 1. The number of hydrogen-bond acceptors (Lipinski definition) is 3. The Kier molecular flexibility index (Phi) is 4.01. The molecule has 0 aliphatic carbocycles. The molecule has 1 aromatic rings. The van der Waals surface area contributed by atoms with Crippen LogP contribution in [0.1, 0.15) is 25.6 Å². The molecule has 1 saturated heterocycles. The van der Waals surface area contributed by atoms with Crippen molar-refractivity contribution < 1.29 is 4.79 Å². The van der Waals surface area contributed by atoms with Crippen LogP contribution in [-0.4, -0.2) is 51.9 Å².